The van der Waals surface area contributed by atoms with E-state index in [9.17, 15) is 31.1 Å². The number of halogens is 6. The van der Waals surface area contributed by atoms with E-state index < -0.39 is 30.5 Å². The van der Waals surface area contributed by atoms with E-state index in [-0.39, 0.29) is 12.1 Å². The number of rotatable bonds is 1. The molecule has 0 saturated carbocycles. The van der Waals surface area contributed by atoms with Gasteiger partial charge in [-0.3, -0.25) is 4.90 Å². The molecule has 1 aliphatic rings. The van der Waals surface area contributed by atoms with Gasteiger partial charge in [-0.25, -0.2) is 4.79 Å². The van der Waals surface area contributed by atoms with E-state index in [1.54, 1.807) is 7.85 Å². The highest BCUT2D eigenvalue weighted by atomic mass is 19.4. The van der Waals surface area contributed by atoms with Crippen molar-refractivity contribution in [2.24, 2.45) is 0 Å². The predicted molar refractivity (Wildman–Crippen MR) is 72.7 cm³/mol. The van der Waals surface area contributed by atoms with Gasteiger partial charge < -0.3 is 9.64 Å². The fourth-order valence-electron chi connectivity index (χ4n) is 2.33. The van der Waals surface area contributed by atoms with Crippen LogP contribution in [0.5, 0.6) is 0 Å². The maximum atomic E-state index is 12.4. The van der Waals surface area contributed by atoms with Gasteiger partial charge in [0.15, 0.2) is 0 Å². The molecule has 0 bridgehead atoms. The molecule has 1 aliphatic heterocycles. The molecule has 0 aromatic carbocycles. The summed E-state index contributed by atoms with van der Waals surface area (Å²) < 4.78 is 78.3. The van der Waals surface area contributed by atoms with Crippen LogP contribution in [-0.4, -0.2) is 73.3 Å². The van der Waals surface area contributed by atoms with Crippen molar-refractivity contribution < 1.29 is 35.9 Å². The molecule has 1 unspecified atom stereocenters. The van der Waals surface area contributed by atoms with Crippen molar-refractivity contribution in [3.8, 4) is 0 Å². The van der Waals surface area contributed by atoms with Gasteiger partial charge >= 0.3 is 18.4 Å². The van der Waals surface area contributed by atoms with Crippen LogP contribution in [0.1, 0.15) is 20.8 Å². The van der Waals surface area contributed by atoms with Crippen LogP contribution in [0.2, 0.25) is 0 Å². The quantitative estimate of drug-likeness (QED) is 0.537. The Labute approximate surface area is 131 Å². The van der Waals surface area contributed by atoms with E-state index in [2.05, 4.69) is 4.74 Å². The van der Waals surface area contributed by atoms with E-state index in [0.717, 1.165) is 4.90 Å². The third-order valence-corrected chi connectivity index (χ3v) is 3.62. The van der Waals surface area contributed by atoms with Gasteiger partial charge in [-0.2, -0.15) is 26.3 Å². The standard InChI is InChI=1S/C12H19BF6N2O2/c1-10(2,3)20-4-5-21(7(13)6-20)9(22)23-8(11(14,15)16)12(17,18)19/h7-8H,4-6,13H2,1-3H3. The van der Waals surface area contributed by atoms with Crippen molar-refractivity contribution in [1.82, 2.24) is 9.80 Å². The summed E-state index contributed by atoms with van der Waals surface area (Å²) >= 11 is 0. The number of ether oxygens (including phenoxy) is 1. The average Bonchev–Trinajstić information content (AvgIpc) is 2.31. The lowest BCUT2D eigenvalue weighted by molar-refractivity contribution is -0.308. The minimum Gasteiger partial charge on any atom is -0.426 e. The molecule has 1 saturated heterocycles. The molecule has 134 valence electrons. The van der Waals surface area contributed by atoms with E-state index in [1.807, 2.05) is 25.7 Å². The molecule has 0 aromatic rings. The summed E-state index contributed by atoms with van der Waals surface area (Å²) in [4.78, 5) is 14.6. The highest BCUT2D eigenvalue weighted by Gasteiger charge is 2.60. The molecule has 1 atom stereocenters. The van der Waals surface area contributed by atoms with E-state index >= 15 is 0 Å². The van der Waals surface area contributed by atoms with Crippen LogP contribution in [0, 0.1) is 0 Å². The Morgan fingerprint density at radius 3 is 1.91 bits per heavy atom. The van der Waals surface area contributed by atoms with Gasteiger partial charge in [0.05, 0.1) is 0 Å². The van der Waals surface area contributed by atoms with Crippen LogP contribution in [-0.2, 0) is 4.74 Å². The summed E-state index contributed by atoms with van der Waals surface area (Å²) in [5, 5.41) is 0. The summed E-state index contributed by atoms with van der Waals surface area (Å²) in [5.74, 6) is -0.558. The second-order valence-electron chi connectivity index (χ2n) is 6.51. The van der Waals surface area contributed by atoms with Crippen LogP contribution in [0.15, 0.2) is 0 Å². The average molecular weight is 348 g/mol. The molecule has 0 aliphatic carbocycles. The first-order valence-corrected chi connectivity index (χ1v) is 6.99. The van der Waals surface area contributed by atoms with Crippen LogP contribution in [0.25, 0.3) is 0 Å². The molecule has 0 N–H and O–H groups in total. The zero-order valence-corrected chi connectivity index (χ0v) is 13.3. The summed E-state index contributed by atoms with van der Waals surface area (Å²) in [7, 11) is 1.55. The van der Waals surface area contributed by atoms with Gasteiger partial charge in [-0.15, -0.1) is 0 Å². The first-order valence-electron chi connectivity index (χ1n) is 6.99. The third kappa shape index (κ3) is 5.18. The number of alkyl halides is 6. The van der Waals surface area contributed by atoms with E-state index in [1.165, 1.54) is 0 Å². The second kappa shape index (κ2) is 6.41. The number of amides is 1. The summed E-state index contributed by atoms with van der Waals surface area (Å²) in [5.41, 5.74) is -0.218. The molecular weight excluding hydrogens is 329 g/mol. The molecule has 23 heavy (non-hydrogen) atoms. The van der Waals surface area contributed by atoms with Gasteiger partial charge in [0, 0.05) is 31.1 Å². The first-order chi connectivity index (χ1) is 10.1. The molecule has 1 heterocycles. The minimum atomic E-state index is -5.70. The summed E-state index contributed by atoms with van der Waals surface area (Å²) in [6.07, 6.45) is -17.1. The molecule has 0 radical (unpaired) electrons. The number of hydrogen-bond acceptors (Lipinski definition) is 3. The Balaban J connectivity index is 2.79. The van der Waals surface area contributed by atoms with Crippen molar-refractivity contribution in [1.29, 1.82) is 0 Å². The summed E-state index contributed by atoms with van der Waals surface area (Å²) in [6.45, 7) is 6.46. The number of nitrogens with zero attached hydrogens (tertiary/aromatic N) is 2. The highest BCUT2D eigenvalue weighted by molar-refractivity contribution is 6.13. The van der Waals surface area contributed by atoms with Crippen molar-refractivity contribution in [2.45, 2.75) is 50.7 Å². The van der Waals surface area contributed by atoms with Crippen molar-refractivity contribution in [3.63, 3.8) is 0 Å². The van der Waals surface area contributed by atoms with Crippen molar-refractivity contribution in [3.05, 3.63) is 0 Å². The Morgan fingerprint density at radius 2 is 1.57 bits per heavy atom. The van der Waals surface area contributed by atoms with Crippen LogP contribution < -0.4 is 0 Å². The molecule has 0 spiro atoms. The van der Waals surface area contributed by atoms with Crippen LogP contribution in [0.4, 0.5) is 31.1 Å². The molecule has 11 heteroatoms. The lowest BCUT2D eigenvalue weighted by atomic mass is 9.90. The molecule has 1 rings (SSSR count). The second-order valence-corrected chi connectivity index (χ2v) is 6.51. The Hall–Kier alpha value is -1.13. The predicted octanol–water partition coefficient (Wildman–Crippen LogP) is 1.99. The Kier molecular flexibility index (Phi) is 5.55. The smallest absolute Gasteiger partial charge is 0.426 e. The largest absolute Gasteiger partial charge is 0.434 e. The van der Waals surface area contributed by atoms with Gasteiger partial charge in [0.1, 0.15) is 7.85 Å². The van der Waals surface area contributed by atoms with Gasteiger partial charge in [-0.05, 0) is 20.8 Å². The minimum absolute atomic E-state index is 0.000293. The Morgan fingerprint density at radius 1 is 1.09 bits per heavy atom. The maximum Gasteiger partial charge on any atom is 0.434 e. The van der Waals surface area contributed by atoms with Crippen LogP contribution >= 0.6 is 0 Å². The van der Waals surface area contributed by atoms with E-state index in [4.69, 9.17) is 0 Å². The van der Waals surface area contributed by atoms with E-state index in [0.29, 0.717) is 13.1 Å². The number of carbonyl (C=O) groups is 1. The van der Waals surface area contributed by atoms with Crippen LogP contribution in [0.3, 0.4) is 0 Å². The molecule has 1 fully saturated rings. The first kappa shape index (κ1) is 19.9. The Bertz CT molecular complexity index is 421. The lowest BCUT2D eigenvalue weighted by Gasteiger charge is -2.45. The molecular formula is C12H19BF6N2O2. The maximum absolute atomic E-state index is 12.4. The van der Waals surface area contributed by atoms with Gasteiger partial charge in [0.25, 0.3) is 6.10 Å². The number of carbonyl (C=O) groups excluding carboxylic acids is 1. The third-order valence-electron chi connectivity index (χ3n) is 3.62. The monoisotopic (exact) mass is 348 g/mol. The fraction of sp³-hybridized carbons (Fsp3) is 0.917. The zero-order chi connectivity index (χ0) is 18.2. The molecule has 1 amide bonds. The topological polar surface area (TPSA) is 32.8 Å². The SMILES string of the molecule is BC1CN(C(C)(C)C)CCN1C(=O)OC(C(F)(F)F)C(F)(F)F. The van der Waals surface area contributed by atoms with Crippen molar-refractivity contribution >= 4 is 13.9 Å². The number of piperazine rings is 1. The van der Waals surface area contributed by atoms with Gasteiger partial charge in [-0.1, -0.05) is 0 Å². The number of hydrogen-bond donors (Lipinski definition) is 0. The van der Waals surface area contributed by atoms with Gasteiger partial charge in [0.2, 0.25) is 0 Å². The lowest BCUT2D eigenvalue weighted by Crippen LogP contribution is -2.60. The molecule has 0 aromatic heterocycles. The fourth-order valence-corrected chi connectivity index (χ4v) is 2.33. The van der Waals surface area contributed by atoms with Crippen molar-refractivity contribution in [2.75, 3.05) is 19.6 Å². The normalized spacial score (nSPS) is 21.7. The highest BCUT2D eigenvalue weighted by Crippen LogP contribution is 2.36. The zero-order valence-electron chi connectivity index (χ0n) is 13.3. The summed E-state index contributed by atoms with van der Waals surface area (Å²) in [6, 6.07) is 0. The molecule has 4 nitrogen and oxygen atoms in total.